The highest BCUT2D eigenvalue weighted by Crippen LogP contribution is 2.29. The molecule has 1 saturated heterocycles. The Balaban J connectivity index is 1.92. The third kappa shape index (κ3) is 4.40. The zero-order valence-electron chi connectivity index (χ0n) is 11.7. The van der Waals surface area contributed by atoms with Gasteiger partial charge in [-0.15, -0.1) is 0 Å². The lowest BCUT2D eigenvalue weighted by atomic mass is 10.1. The molecule has 1 aromatic rings. The maximum absolute atomic E-state index is 12.6. The van der Waals surface area contributed by atoms with Gasteiger partial charge in [-0.1, -0.05) is 12.1 Å². The zero-order valence-corrected chi connectivity index (χ0v) is 12.5. The summed E-state index contributed by atoms with van der Waals surface area (Å²) in [6.45, 7) is 0.915. The van der Waals surface area contributed by atoms with E-state index >= 15 is 0 Å². The molecule has 1 aliphatic heterocycles. The Kier molecular flexibility index (Phi) is 5.33. The minimum atomic E-state index is -4.43. The van der Waals surface area contributed by atoms with E-state index in [2.05, 4.69) is 5.32 Å². The second kappa shape index (κ2) is 7.04. The SMILES string of the molecule is O=C(NCc1cccc(C(F)(F)F)c1)C(=O)N1CCSCC1. The summed E-state index contributed by atoms with van der Waals surface area (Å²) in [5, 5.41) is 2.37. The average molecular weight is 332 g/mol. The number of halogens is 3. The first-order chi connectivity index (χ1) is 10.4. The van der Waals surface area contributed by atoms with Crippen molar-refractivity contribution in [3.63, 3.8) is 0 Å². The number of nitrogens with one attached hydrogen (secondary N) is 1. The highest BCUT2D eigenvalue weighted by molar-refractivity contribution is 7.99. The van der Waals surface area contributed by atoms with Crippen molar-refractivity contribution in [2.24, 2.45) is 0 Å². The number of alkyl halides is 3. The molecule has 1 heterocycles. The molecule has 2 amide bonds. The van der Waals surface area contributed by atoms with Gasteiger partial charge >= 0.3 is 18.0 Å². The second-order valence-corrected chi connectivity index (χ2v) is 6.01. The molecular weight excluding hydrogens is 317 g/mol. The minimum absolute atomic E-state index is 0.114. The molecule has 0 atom stereocenters. The van der Waals surface area contributed by atoms with Crippen LogP contribution < -0.4 is 5.32 Å². The maximum Gasteiger partial charge on any atom is 0.416 e. The molecule has 0 bridgehead atoms. The van der Waals surface area contributed by atoms with Gasteiger partial charge in [-0.25, -0.2) is 0 Å². The molecule has 0 aliphatic carbocycles. The molecule has 1 fully saturated rings. The first-order valence-corrected chi connectivity index (χ1v) is 7.84. The number of hydrogen-bond acceptors (Lipinski definition) is 3. The van der Waals surface area contributed by atoms with E-state index in [0.29, 0.717) is 18.7 Å². The molecule has 4 nitrogen and oxygen atoms in total. The first-order valence-electron chi connectivity index (χ1n) is 6.69. The lowest BCUT2D eigenvalue weighted by molar-refractivity contribution is -0.145. The quantitative estimate of drug-likeness (QED) is 0.842. The van der Waals surface area contributed by atoms with Crippen LogP contribution in [-0.2, 0) is 22.3 Å². The number of amides is 2. The summed E-state index contributed by atoms with van der Waals surface area (Å²) < 4.78 is 37.8. The second-order valence-electron chi connectivity index (χ2n) is 4.79. The zero-order chi connectivity index (χ0) is 16.2. The number of nitrogens with zero attached hydrogens (tertiary/aromatic N) is 1. The molecule has 0 saturated carbocycles. The molecule has 120 valence electrons. The fourth-order valence-corrected chi connectivity index (χ4v) is 2.93. The van der Waals surface area contributed by atoms with E-state index in [1.807, 2.05) is 0 Å². The van der Waals surface area contributed by atoms with Crippen molar-refractivity contribution in [1.82, 2.24) is 10.2 Å². The summed E-state index contributed by atoms with van der Waals surface area (Å²) in [5.41, 5.74) is -0.483. The summed E-state index contributed by atoms with van der Waals surface area (Å²) in [6, 6.07) is 4.66. The van der Waals surface area contributed by atoms with E-state index in [1.165, 1.54) is 17.0 Å². The molecule has 0 spiro atoms. The van der Waals surface area contributed by atoms with Crippen LogP contribution >= 0.6 is 11.8 Å². The standard InChI is InChI=1S/C14H15F3N2O2S/c15-14(16,17)11-3-1-2-10(8-11)9-18-12(20)13(21)19-4-6-22-7-5-19/h1-3,8H,4-7,9H2,(H,18,20). The molecule has 22 heavy (non-hydrogen) atoms. The van der Waals surface area contributed by atoms with Crippen molar-refractivity contribution >= 4 is 23.6 Å². The van der Waals surface area contributed by atoms with E-state index in [-0.39, 0.29) is 6.54 Å². The lowest BCUT2D eigenvalue weighted by Crippen LogP contribution is -2.46. The number of thioether (sulfide) groups is 1. The van der Waals surface area contributed by atoms with Crippen molar-refractivity contribution < 1.29 is 22.8 Å². The summed E-state index contributed by atoms with van der Waals surface area (Å²) in [7, 11) is 0. The van der Waals surface area contributed by atoms with Crippen molar-refractivity contribution in [2.75, 3.05) is 24.6 Å². The van der Waals surface area contributed by atoms with Crippen LogP contribution in [0.2, 0.25) is 0 Å². The van der Waals surface area contributed by atoms with Crippen molar-refractivity contribution in [3.8, 4) is 0 Å². The van der Waals surface area contributed by atoms with Gasteiger partial charge in [0.2, 0.25) is 0 Å². The average Bonchev–Trinajstić information content (AvgIpc) is 2.52. The summed E-state index contributed by atoms with van der Waals surface area (Å²) in [5.74, 6) is 0.149. The topological polar surface area (TPSA) is 49.4 Å². The third-order valence-electron chi connectivity index (χ3n) is 3.20. The van der Waals surface area contributed by atoms with Crippen LogP contribution in [0.4, 0.5) is 13.2 Å². The number of benzene rings is 1. The molecule has 1 N–H and O–H groups in total. The van der Waals surface area contributed by atoms with Gasteiger partial charge in [0.25, 0.3) is 0 Å². The van der Waals surface area contributed by atoms with Gasteiger partial charge < -0.3 is 10.2 Å². The number of hydrogen-bond donors (Lipinski definition) is 1. The Bertz CT molecular complexity index is 557. The molecule has 2 rings (SSSR count). The first kappa shape index (κ1) is 16.7. The Hall–Kier alpha value is -1.70. The molecule has 1 aromatic carbocycles. The van der Waals surface area contributed by atoms with Crippen LogP contribution in [0.5, 0.6) is 0 Å². The molecular formula is C14H15F3N2O2S. The Morgan fingerprint density at radius 2 is 1.91 bits per heavy atom. The van der Waals surface area contributed by atoms with Gasteiger partial charge in [0, 0.05) is 31.1 Å². The van der Waals surface area contributed by atoms with Gasteiger partial charge in [0.1, 0.15) is 0 Å². The van der Waals surface area contributed by atoms with E-state index in [0.717, 1.165) is 23.6 Å². The minimum Gasteiger partial charge on any atom is -0.344 e. The van der Waals surface area contributed by atoms with Crippen LogP contribution in [0.15, 0.2) is 24.3 Å². The number of rotatable bonds is 2. The summed E-state index contributed by atoms with van der Waals surface area (Å²) >= 11 is 1.71. The number of carbonyl (C=O) groups excluding carboxylic acids is 2. The lowest BCUT2D eigenvalue weighted by Gasteiger charge is -2.25. The molecule has 0 radical (unpaired) electrons. The predicted molar refractivity (Wildman–Crippen MR) is 77.2 cm³/mol. The molecule has 1 aliphatic rings. The fourth-order valence-electron chi connectivity index (χ4n) is 2.03. The van der Waals surface area contributed by atoms with Gasteiger partial charge in [-0.05, 0) is 17.7 Å². The normalized spacial score (nSPS) is 15.5. The van der Waals surface area contributed by atoms with Crippen molar-refractivity contribution in [2.45, 2.75) is 12.7 Å². The maximum atomic E-state index is 12.6. The smallest absolute Gasteiger partial charge is 0.344 e. The Morgan fingerprint density at radius 3 is 2.55 bits per heavy atom. The monoisotopic (exact) mass is 332 g/mol. The van der Waals surface area contributed by atoms with Crippen LogP contribution in [0.1, 0.15) is 11.1 Å². The Morgan fingerprint density at radius 1 is 1.23 bits per heavy atom. The van der Waals surface area contributed by atoms with E-state index in [4.69, 9.17) is 0 Å². The van der Waals surface area contributed by atoms with E-state index in [9.17, 15) is 22.8 Å². The Labute approximate surface area is 130 Å². The van der Waals surface area contributed by atoms with Crippen LogP contribution in [0.3, 0.4) is 0 Å². The number of carbonyl (C=O) groups is 2. The molecule has 0 unspecified atom stereocenters. The van der Waals surface area contributed by atoms with Gasteiger partial charge in [-0.2, -0.15) is 24.9 Å². The third-order valence-corrected chi connectivity index (χ3v) is 4.14. The highest BCUT2D eigenvalue weighted by atomic mass is 32.2. The summed E-state index contributed by atoms with van der Waals surface area (Å²) in [4.78, 5) is 25.1. The van der Waals surface area contributed by atoms with Crippen LogP contribution in [0.25, 0.3) is 0 Å². The van der Waals surface area contributed by atoms with Gasteiger partial charge in [0.15, 0.2) is 0 Å². The van der Waals surface area contributed by atoms with E-state index < -0.39 is 23.6 Å². The highest BCUT2D eigenvalue weighted by Gasteiger charge is 2.30. The van der Waals surface area contributed by atoms with Gasteiger partial charge in [-0.3, -0.25) is 9.59 Å². The van der Waals surface area contributed by atoms with Crippen LogP contribution in [-0.4, -0.2) is 41.3 Å². The van der Waals surface area contributed by atoms with E-state index in [1.54, 1.807) is 11.8 Å². The van der Waals surface area contributed by atoms with Crippen molar-refractivity contribution in [3.05, 3.63) is 35.4 Å². The summed E-state index contributed by atoms with van der Waals surface area (Å²) in [6.07, 6.45) is -4.43. The molecule has 0 aromatic heterocycles. The van der Waals surface area contributed by atoms with Crippen LogP contribution in [0, 0.1) is 0 Å². The predicted octanol–water partition coefficient (Wildman–Crippen LogP) is 1.90. The molecule has 8 heteroatoms. The largest absolute Gasteiger partial charge is 0.416 e. The van der Waals surface area contributed by atoms with Crippen molar-refractivity contribution in [1.29, 1.82) is 0 Å². The van der Waals surface area contributed by atoms with Gasteiger partial charge in [0.05, 0.1) is 5.56 Å². The fraction of sp³-hybridized carbons (Fsp3) is 0.429.